The Hall–Kier alpha value is -5.12. The van der Waals surface area contributed by atoms with Gasteiger partial charge in [-0.1, -0.05) is 60.7 Å². The SMILES string of the molecule is O=C(CCC(=O)Nc1ccccc1)N/N=C\c1ccc(/C=N\NC(=O)CCC(=O)Nc2ccccc2)cc1. The first-order valence-corrected chi connectivity index (χ1v) is 11.9. The molecule has 4 amide bonds. The van der Waals surface area contributed by atoms with Crippen molar-refractivity contribution < 1.29 is 19.2 Å². The molecule has 3 aromatic rings. The van der Waals surface area contributed by atoms with Crippen LogP contribution < -0.4 is 21.5 Å². The second-order valence-corrected chi connectivity index (χ2v) is 8.08. The number of carbonyl (C=O) groups is 4. The van der Waals surface area contributed by atoms with Crippen molar-refractivity contribution in [3.8, 4) is 0 Å². The van der Waals surface area contributed by atoms with Crippen LogP contribution in [0.4, 0.5) is 11.4 Å². The van der Waals surface area contributed by atoms with Gasteiger partial charge in [0.25, 0.3) is 0 Å². The molecule has 3 aromatic carbocycles. The Balaban J connectivity index is 1.31. The average Bonchev–Trinajstić information content (AvgIpc) is 2.93. The monoisotopic (exact) mass is 512 g/mol. The molecule has 0 saturated heterocycles. The number of amides is 4. The van der Waals surface area contributed by atoms with Gasteiger partial charge in [-0.25, -0.2) is 10.9 Å². The van der Waals surface area contributed by atoms with Crippen molar-refractivity contribution in [2.75, 3.05) is 10.6 Å². The maximum absolute atomic E-state index is 11.9. The summed E-state index contributed by atoms with van der Waals surface area (Å²) in [5.74, 6) is -1.25. The normalized spacial score (nSPS) is 10.7. The zero-order chi connectivity index (χ0) is 27.0. The van der Waals surface area contributed by atoms with E-state index in [9.17, 15) is 19.2 Å². The molecular formula is C28H28N6O4. The summed E-state index contributed by atoms with van der Waals surface area (Å²) >= 11 is 0. The number of hydrogen-bond donors (Lipinski definition) is 4. The number of nitrogens with zero attached hydrogens (tertiary/aromatic N) is 2. The lowest BCUT2D eigenvalue weighted by molar-refractivity contribution is -0.124. The third-order valence-corrected chi connectivity index (χ3v) is 5.02. The van der Waals surface area contributed by atoms with Gasteiger partial charge >= 0.3 is 0 Å². The van der Waals surface area contributed by atoms with E-state index in [1.807, 2.05) is 36.4 Å². The van der Waals surface area contributed by atoms with Crippen molar-refractivity contribution in [2.24, 2.45) is 10.2 Å². The standard InChI is InChI=1S/C28H28N6O4/c35-25(31-23-7-3-1-4-8-23)15-17-27(37)33-29-19-21-11-13-22(14-12-21)20-30-34-28(38)18-16-26(36)32-24-9-5-2-6-10-24/h1-14,19-20H,15-18H2,(H,31,35)(H,32,36)(H,33,37)(H,34,38)/b29-19-,30-20-. The Morgan fingerprint density at radius 2 is 0.842 bits per heavy atom. The van der Waals surface area contributed by atoms with Crippen molar-refractivity contribution in [3.05, 3.63) is 96.1 Å². The Morgan fingerprint density at radius 1 is 0.500 bits per heavy atom. The van der Waals surface area contributed by atoms with Gasteiger partial charge in [0.05, 0.1) is 12.4 Å². The van der Waals surface area contributed by atoms with Gasteiger partial charge in [0.2, 0.25) is 23.6 Å². The molecule has 194 valence electrons. The van der Waals surface area contributed by atoms with E-state index in [1.165, 1.54) is 12.4 Å². The number of benzene rings is 3. The van der Waals surface area contributed by atoms with Crippen LogP contribution in [0, 0.1) is 0 Å². The van der Waals surface area contributed by atoms with Crippen LogP contribution in [0.2, 0.25) is 0 Å². The van der Waals surface area contributed by atoms with Crippen LogP contribution in [0.1, 0.15) is 36.8 Å². The maximum atomic E-state index is 11.9. The van der Waals surface area contributed by atoms with Crippen LogP contribution >= 0.6 is 0 Å². The molecule has 0 bridgehead atoms. The molecule has 0 aliphatic carbocycles. The second-order valence-electron chi connectivity index (χ2n) is 8.08. The molecule has 0 aromatic heterocycles. The summed E-state index contributed by atoms with van der Waals surface area (Å²) in [7, 11) is 0. The summed E-state index contributed by atoms with van der Waals surface area (Å²) in [6, 6.07) is 25.1. The number of hydrogen-bond acceptors (Lipinski definition) is 6. The Bertz CT molecular complexity index is 1180. The molecule has 0 aliphatic heterocycles. The van der Waals surface area contributed by atoms with E-state index in [2.05, 4.69) is 31.7 Å². The van der Waals surface area contributed by atoms with Gasteiger partial charge in [0.1, 0.15) is 0 Å². The molecule has 0 saturated carbocycles. The molecule has 4 N–H and O–H groups in total. The number of rotatable bonds is 12. The zero-order valence-corrected chi connectivity index (χ0v) is 20.6. The van der Waals surface area contributed by atoms with E-state index in [-0.39, 0.29) is 49.3 Å². The maximum Gasteiger partial charge on any atom is 0.240 e. The number of hydrazone groups is 2. The van der Waals surface area contributed by atoms with Crippen LogP contribution in [0.15, 0.2) is 95.1 Å². The van der Waals surface area contributed by atoms with Crippen molar-refractivity contribution in [1.82, 2.24) is 10.9 Å². The number of carbonyl (C=O) groups excluding carboxylic acids is 4. The van der Waals surface area contributed by atoms with Gasteiger partial charge < -0.3 is 10.6 Å². The molecule has 0 fully saturated rings. The van der Waals surface area contributed by atoms with E-state index < -0.39 is 0 Å². The largest absolute Gasteiger partial charge is 0.326 e. The van der Waals surface area contributed by atoms with Gasteiger partial charge in [-0.2, -0.15) is 10.2 Å². The molecule has 38 heavy (non-hydrogen) atoms. The van der Waals surface area contributed by atoms with Crippen LogP contribution in [0.25, 0.3) is 0 Å². The van der Waals surface area contributed by atoms with E-state index in [0.717, 1.165) is 11.1 Å². The van der Waals surface area contributed by atoms with Gasteiger partial charge in [-0.15, -0.1) is 0 Å². The highest BCUT2D eigenvalue weighted by molar-refractivity contribution is 5.94. The highest BCUT2D eigenvalue weighted by atomic mass is 16.2. The van der Waals surface area contributed by atoms with Crippen LogP contribution in [0.3, 0.4) is 0 Å². The van der Waals surface area contributed by atoms with Crippen molar-refractivity contribution >= 4 is 47.4 Å². The summed E-state index contributed by atoms with van der Waals surface area (Å²) in [5.41, 5.74) is 7.61. The minimum absolute atomic E-state index is 0.00876. The molecule has 0 atom stereocenters. The molecule has 10 nitrogen and oxygen atoms in total. The molecule has 3 rings (SSSR count). The Labute approximate surface area is 220 Å². The third kappa shape index (κ3) is 10.6. The van der Waals surface area contributed by atoms with Gasteiger partial charge in [0.15, 0.2) is 0 Å². The van der Waals surface area contributed by atoms with Gasteiger partial charge in [-0.3, -0.25) is 19.2 Å². The first-order valence-electron chi connectivity index (χ1n) is 11.9. The fourth-order valence-corrected chi connectivity index (χ4v) is 3.08. The van der Waals surface area contributed by atoms with E-state index in [0.29, 0.717) is 11.4 Å². The summed E-state index contributed by atoms with van der Waals surface area (Å²) in [5, 5.41) is 13.2. The summed E-state index contributed by atoms with van der Waals surface area (Å²) < 4.78 is 0. The lowest BCUT2D eigenvalue weighted by atomic mass is 10.2. The van der Waals surface area contributed by atoms with Crippen LogP contribution in [-0.2, 0) is 19.2 Å². The highest BCUT2D eigenvalue weighted by Crippen LogP contribution is 2.07. The number of anilines is 2. The fourth-order valence-electron chi connectivity index (χ4n) is 3.08. The average molecular weight is 513 g/mol. The zero-order valence-electron chi connectivity index (χ0n) is 20.6. The molecule has 0 radical (unpaired) electrons. The lowest BCUT2D eigenvalue weighted by Crippen LogP contribution is -2.20. The van der Waals surface area contributed by atoms with Crippen molar-refractivity contribution in [3.63, 3.8) is 0 Å². The molecule has 0 heterocycles. The summed E-state index contributed by atoms with van der Waals surface area (Å²) in [6.45, 7) is 0. The number of nitrogens with one attached hydrogen (secondary N) is 4. The highest BCUT2D eigenvalue weighted by Gasteiger charge is 2.07. The molecule has 0 unspecified atom stereocenters. The molecule has 0 aliphatic rings. The molecule has 10 heteroatoms. The minimum atomic E-state index is -0.374. The Kier molecular flexibility index (Phi) is 10.9. The van der Waals surface area contributed by atoms with E-state index >= 15 is 0 Å². The van der Waals surface area contributed by atoms with Crippen molar-refractivity contribution in [2.45, 2.75) is 25.7 Å². The quantitative estimate of drug-likeness (QED) is 0.218. The van der Waals surface area contributed by atoms with Gasteiger partial charge in [-0.05, 0) is 35.4 Å². The summed E-state index contributed by atoms with van der Waals surface area (Å²) in [4.78, 5) is 47.6. The minimum Gasteiger partial charge on any atom is -0.326 e. The Morgan fingerprint density at radius 3 is 1.21 bits per heavy atom. The lowest BCUT2D eigenvalue weighted by Gasteiger charge is -2.04. The molecule has 0 spiro atoms. The first-order chi connectivity index (χ1) is 18.5. The second kappa shape index (κ2) is 15.1. The van der Waals surface area contributed by atoms with E-state index in [1.54, 1.807) is 48.5 Å². The first kappa shape index (κ1) is 27.5. The van der Waals surface area contributed by atoms with Crippen molar-refractivity contribution in [1.29, 1.82) is 0 Å². The van der Waals surface area contributed by atoms with Crippen LogP contribution in [-0.4, -0.2) is 36.1 Å². The van der Waals surface area contributed by atoms with E-state index in [4.69, 9.17) is 0 Å². The topological polar surface area (TPSA) is 141 Å². The van der Waals surface area contributed by atoms with Crippen LogP contribution in [0.5, 0.6) is 0 Å². The molecular weight excluding hydrogens is 484 g/mol. The van der Waals surface area contributed by atoms with Gasteiger partial charge in [0, 0.05) is 37.1 Å². The fraction of sp³-hybridized carbons (Fsp3) is 0.143. The number of para-hydroxylation sites is 2. The smallest absolute Gasteiger partial charge is 0.240 e. The predicted molar refractivity (Wildman–Crippen MR) is 147 cm³/mol. The summed E-state index contributed by atoms with van der Waals surface area (Å²) in [6.07, 6.45) is 3.06. The third-order valence-electron chi connectivity index (χ3n) is 5.02. The predicted octanol–water partition coefficient (Wildman–Crippen LogP) is 3.42.